The highest BCUT2D eigenvalue weighted by Crippen LogP contribution is 2.43. The van der Waals surface area contributed by atoms with Crippen LogP contribution in [0, 0.1) is 0 Å². The summed E-state index contributed by atoms with van der Waals surface area (Å²) in [5, 5.41) is 9.72. The van der Waals surface area contributed by atoms with Crippen LogP contribution < -0.4 is 5.73 Å². The van der Waals surface area contributed by atoms with Gasteiger partial charge < -0.3 is 25.2 Å². The minimum atomic E-state index is -4.41. The minimum Gasteiger partial charge on any atom is -0.462 e. The molecule has 4 N–H and O–H groups in total. The molecule has 0 aliphatic carbocycles. The Morgan fingerprint density at radius 3 is 1.68 bits per heavy atom. The summed E-state index contributed by atoms with van der Waals surface area (Å²) >= 11 is 0. The zero-order valence-corrected chi connectivity index (χ0v) is 35.8. The molecule has 0 aliphatic rings. The van der Waals surface area contributed by atoms with Gasteiger partial charge in [0.05, 0.1) is 19.3 Å². The van der Waals surface area contributed by atoms with Crippen molar-refractivity contribution in [2.24, 2.45) is 5.73 Å². The van der Waals surface area contributed by atoms with Crippen molar-refractivity contribution in [1.82, 2.24) is 0 Å². The Balaban J connectivity index is 4.30. The zero-order valence-electron chi connectivity index (χ0n) is 35.0. The van der Waals surface area contributed by atoms with Gasteiger partial charge in [0.1, 0.15) is 6.61 Å². The fourth-order valence-corrected chi connectivity index (χ4v) is 6.20. The number of unbranched alkanes of at least 4 members (excludes halogenated alkanes) is 11. The molecule has 322 valence electrons. The Hall–Kier alpha value is -2.59. The Bertz CT molecular complexity index is 1160. The van der Waals surface area contributed by atoms with Gasteiger partial charge in [-0.15, -0.1) is 0 Å². The zero-order chi connectivity index (χ0) is 41.2. The Labute approximate surface area is 340 Å². The lowest BCUT2D eigenvalue weighted by atomic mass is 10.1. The van der Waals surface area contributed by atoms with E-state index in [2.05, 4.69) is 68.5 Å². The van der Waals surface area contributed by atoms with Gasteiger partial charge in [0.25, 0.3) is 0 Å². The van der Waals surface area contributed by atoms with Crippen LogP contribution in [-0.2, 0) is 32.7 Å². The largest absolute Gasteiger partial charge is 0.472 e. The van der Waals surface area contributed by atoms with Gasteiger partial charge in [-0.25, -0.2) is 4.57 Å². The van der Waals surface area contributed by atoms with Gasteiger partial charge in [0, 0.05) is 19.4 Å². The molecule has 0 aromatic rings. The van der Waals surface area contributed by atoms with E-state index in [4.69, 9.17) is 24.3 Å². The highest BCUT2D eigenvalue weighted by Gasteiger charge is 2.25. The molecule has 3 atom stereocenters. The number of carbonyl (C=O) groups excluding carboxylic acids is 2. The number of aliphatic hydroxyl groups excluding tert-OH is 1. The Kier molecular flexibility index (Phi) is 38.7. The van der Waals surface area contributed by atoms with E-state index >= 15 is 0 Å². The third kappa shape index (κ3) is 39.6. The highest BCUT2D eigenvalue weighted by atomic mass is 31.2. The molecule has 11 heteroatoms. The van der Waals surface area contributed by atoms with Gasteiger partial charge in [-0.3, -0.25) is 18.6 Å². The molecule has 2 unspecified atom stereocenters. The topological polar surface area (TPSA) is 155 Å². The van der Waals surface area contributed by atoms with E-state index in [1.807, 2.05) is 18.2 Å². The smallest absolute Gasteiger partial charge is 0.462 e. The summed E-state index contributed by atoms with van der Waals surface area (Å²) in [4.78, 5) is 34.8. The molecule has 0 fully saturated rings. The molecule has 56 heavy (non-hydrogen) atoms. The van der Waals surface area contributed by atoms with Crippen LogP contribution in [0.5, 0.6) is 0 Å². The SMILES string of the molecule is CCCCC/C=C\C/C=C\CCCCCCCCCC(=O)OC[C@H](COP(=O)(O)OCCN)OC(=O)CCC/C=C\C/C=C\C/C=C\C/C=C\CC(O)CCC. The predicted octanol–water partition coefficient (Wildman–Crippen LogP) is 11.2. The average Bonchev–Trinajstić information content (AvgIpc) is 3.17. The van der Waals surface area contributed by atoms with Gasteiger partial charge in [0.2, 0.25) is 0 Å². The van der Waals surface area contributed by atoms with Gasteiger partial charge >= 0.3 is 19.8 Å². The van der Waals surface area contributed by atoms with Crippen molar-refractivity contribution in [3.05, 3.63) is 72.9 Å². The van der Waals surface area contributed by atoms with Crippen molar-refractivity contribution in [3.8, 4) is 0 Å². The first-order chi connectivity index (χ1) is 27.2. The molecule has 0 saturated carbocycles. The second-order valence-corrected chi connectivity index (χ2v) is 15.5. The standard InChI is InChI=1S/C45H78NO9P/c1-3-5-6-7-8-9-10-11-12-13-14-17-20-23-26-29-32-36-44(48)52-40-43(41-54-56(50,51)53-39-38-46)55-45(49)37-33-30-27-24-21-18-15-16-19-22-25-28-31-35-42(47)34-4-2/h8-9,11-12,15,18-19,22,24,27-28,31,42-43,47H,3-7,10,13-14,16-17,20-21,23,25-26,29-30,32-41,46H2,1-2H3,(H,50,51)/b9-8-,12-11-,18-15-,22-19-,27-24-,31-28-/t42?,43-/m1/s1. The van der Waals surface area contributed by atoms with Crippen molar-refractivity contribution >= 4 is 19.8 Å². The van der Waals surface area contributed by atoms with Crippen LogP contribution in [0.25, 0.3) is 0 Å². The molecule has 0 amide bonds. The number of aliphatic hydroxyl groups is 1. The number of nitrogens with two attached hydrogens (primary N) is 1. The average molecular weight is 808 g/mol. The number of hydrogen-bond donors (Lipinski definition) is 3. The van der Waals surface area contributed by atoms with Gasteiger partial charge in [0.15, 0.2) is 6.10 Å². The maximum Gasteiger partial charge on any atom is 0.472 e. The summed E-state index contributed by atoms with van der Waals surface area (Å²) in [6.45, 7) is 3.41. The molecule has 0 saturated heterocycles. The van der Waals surface area contributed by atoms with Crippen LogP contribution >= 0.6 is 7.82 Å². The van der Waals surface area contributed by atoms with Crippen molar-refractivity contribution in [3.63, 3.8) is 0 Å². The summed E-state index contributed by atoms with van der Waals surface area (Å²) in [6.07, 6.45) is 45.7. The van der Waals surface area contributed by atoms with Gasteiger partial charge in [-0.1, -0.05) is 138 Å². The second-order valence-electron chi connectivity index (χ2n) is 14.0. The first kappa shape index (κ1) is 53.4. The van der Waals surface area contributed by atoms with Crippen molar-refractivity contribution in [1.29, 1.82) is 0 Å². The van der Waals surface area contributed by atoms with Crippen molar-refractivity contribution in [2.45, 2.75) is 174 Å². The summed E-state index contributed by atoms with van der Waals surface area (Å²) in [5.74, 6) is -0.930. The number of phosphoric acid groups is 1. The van der Waals surface area contributed by atoms with Crippen LogP contribution in [0.3, 0.4) is 0 Å². The van der Waals surface area contributed by atoms with Crippen LogP contribution in [0.1, 0.15) is 162 Å². The molecule has 10 nitrogen and oxygen atoms in total. The van der Waals surface area contributed by atoms with Crippen molar-refractivity contribution in [2.75, 3.05) is 26.4 Å². The lowest BCUT2D eigenvalue weighted by Crippen LogP contribution is -2.29. The lowest BCUT2D eigenvalue weighted by molar-refractivity contribution is -0.161. The Morgan fingerprint density at radius 2 is 1.11 bits per heavy atom. The van der Waals surface area contributed by atoms with E-state index in [0.29, 0.717) is 25.7 Å². The van der Waals surface area contributed by atoms with E-state index in [1.54, 1.807) is 0 Å². The number of allylic oxidation sites excluding steroid dienone is 11. The van der Waals surface area contributed by atoms with E-state index in [0.717, 1.165) is 64.2 Å². The Morgan fingerprint density at radius 1 is 0.607 bits per heavy atom. The summed E-state index contributed by atoms with van der Waals surface area (Å²) in [6, 6.07) is 0. The quantitative estimate of drug-likeness (QED) is 0.0236. The lowest BCUT2D eigenvalue weighted by Gasteiger charge is -2.19. The molecule has 0 bridgehead atoms. The molecule has 0 heterocycles. The number of carbonyl (C=O) groups is 2. The summed E-state index contributed by atoms with van der Waals surface area (Å²) in [7, 11) is -4.41. The van der Waals surface area contributed by atoms with Gasteiger partial charge in [-0.2, -0.15) is 0 Å². The maximum atomic E-state index is 12.6. The molecule has 0 aliphatic heterocycles. The van der Waals surface area contributed by atoms with Crippen LogP contribution in [-0.4, -0.2) is 60.5 Å². The highest BCUT2D eigenvalue weighted by molar-refractivity contribution is 7.47. The van der Waals surface area contributed by atoms with Crippen LogP contribution in [0.4, 0.5) is 0 Å². The van der Waals surface area contributed by atoms with Crippen molar-refractivity contribution < 1.29 is 42.7 Å². The first-order valence-electron chi connectivity index (χ1n) is 21.5. The first-order valence-corrected chi connectivity index (χ1v) is 23.0. The number of ether oxygens (including phenoxy) is 2. The molecular weight excluding hydrogens is 729 g/mol. The minimum absolute atomic E-state index is 0.0338. The maximum absolute atomic E-state index is 12.6. The molecule has 0 rings (SSSR count). The number of esters is 2. The number of hydrogen-bond acceptors (Lipinski definition) is 9. The normalized spacial score (nSPS) is 14.6. The molecular formula is C45H78NO9P. The molecule has 0 radical (unpaired) electrons. The summed E-state index contributed by atoms with van der Waals surface area (Å²) < 4.78 is 32.7. The third-order valence-electron chi connectivity index (χ3n) is 8.62. The van der Waals surface area contributed by atoms with E-state index in [-0.39, 0.29) is 38.7 Å². The second kappa shape index (κ2) is 40.6. The van der Waals surface area contributed by atoms with E-state index < -0.39 is 32.5 Å². The fraction of sp³-hybridized carbons (Fsp3) is 0.689. The summed E-state index contributed by atoms with van der Waals surface area (Å²) in [5.41, 5.74) is 5.34. The molecule has 0 aromatic heterocycles. The van der Waals surface area contributed by atoms with Gasteiger partial charge in [-0.05, 0) is 83.5 Å². The van der Waals surface area contributed by atoms with E-state index in [1.165, 1.54) is 44.9 Å². The molecule has 0 spiro atoms. The van der Waals surface area contributed by atoms with Crippen LogP contribution in [0.15, 0.2) is 72.9 Å². The predicted molar refractivity (Wildman–Crippen MR) is 230 cm³/mol. The monoisotopic (exact) mass is 808 g/mol. The fourth-order valence-electron chi connectivity index (χ4n) is 5.44. The van der Waals surface area contributed by atoms with Crippen LogP contribution in [0.2, 0.25) is 0 Å². The molecule has 0 aromatic carbocycles. The number of phosphoric ester groups is 1. The third-order valence-corrected chi connectivity index (χ3v) is 9.60. The van der Waals surface area contributed by atoms with E-state index in [9.17, 15) is 24.2 Å². The number of rotatable bonds is 39.